The zero-order valence-electron chi connectivity index (χ0n) is 11.7. The highest BCUT2D eigenvalue weighted by atomic mass is 79.9. The van der Waals surface area contributed by atoms with E-state index in [1.165, 1.54) is 0 Å². The van der Waals surface area contributed by atoms with E-state index in [0.717, 1.165) is 20.9 Å². The van der Waals surface area contributed by atoms with Crippen molar-refractivity contribution in [3.63, 3.8) is 0 Å². The normalized spacial score (nSPS) is 10.4. The van der Waals surface area contributed by atoms with E-state index in [4.69, 9.17) is 0 Å². The van der Waals surface area contributed by atoms with Crippen molar-refractivity contribution in [1.82, 2.24) is 10.3 Å². The number of hydrogen-bond acceptors (Lipinski definition) is 2. The van der Waals surface area contributed by atoms with Crippen LogP contribution < -0.4 is 10.6 Å². The predicted molar refractivity (Wildman–Crippen MR) is 91.7 cm³/mol. The molecule has 1 aromatic heterocycles. The molecular weight excluding hydrogens is 342 g/mol. The molecule has 0 aliphatic heterocycles. The molecule has 0 saturated heterocycles. The van der Waals surface area contributed by atoms with Crippen molar-refractivity contribution in [2.24, 2.45) is 0 Å². The van der Waals surface area contributed by atoms with Crippen LogP contribution in [0.5, 0.6) is 0 Å². The first-order valence-electron chi connectivity index (χ1n) is 6.86. The van der Waals surface area contributed by atoms with Gasteiger partial charge in [-0.15, -0.1) is 0 Å². The lowest BCUT2D eigenvalue weighted by Gasteiger charge is -2.10. The fourth-order valence-corrected chi connectivity index (χ4v) is 2.61. The summed E-state index contributed by atoms with van der Waals surface area (Å²) in [6.07, 6.45) is 1.71. The summed E-state index contributed by atoms with van der Waals surface area (Å²) < 4.78 is 0.974. The molecule has 0 fully saturated rings. The third-order valence-corrected chi connectivity index (χ3v) is 4.05. The summed E-state index contributed by atoms with van der Waals surface area (Å²) in [5.41, 5.74) is 2.50. The molecule has 22 heavy (non-hydrogen) atoms. The van der Waals surface area contributed by atoms with E-state index in [0.29, 0.717) is 12.2 Å². The minimum absolute atomic E-state index is 0.256. The molecule has 2 aromatic carbocycles. The number of amides is 2. The Labute approximate surface area is 136 Å². The average molecular weight is 356 g/mol. The van der Waals surface area contributed by atoms with Gasteiger partial charge in [-0.05, 0) is 23.8 Å². The van der Waals surface area contributed by atoms with Gasteiger partial charge in [0.15, 0.2) is 0 Å². The molecule has 1 heterocycles. The van der Waals surface area contributed by atoms with Gasteiger partial charge in [0.25, 0.3) is 0 Å². The van der Waals surface area contributed by atoms with Gasteiger partial charge in [0.2, 0.25) is 0 Å². The highest BCUT2D eigenvalue weighted by Crippen LogP contribution is 2.20. The zero-order chi connectivity index (χ0) is 15.4. The number of rotatable bonds is 3. The lowest BCUT2D eigenvalue weighted by Crippen LogP contribution is -2.28. The molecule has 3 rings (SSSR count). The second-order valence-corrected chi connectivity index (χ2v) is 5.63. The number of hydrogen-bond donors (Lipinski definition) is 2. The molecule has 0 radical (unpaired) electrons. The molecule has 5 heteroatoms. The Morgan fingerprint density at radius 2 is 1.86 bits per heavy atom. The molecule has 4 nitrogen and oxygen atoms in total. The van der Waals surface area contributed by atoms with Crippen LogP contribution >= 0.6 is 15.9 Å². The van der Waals surface area contributed by atoms with E-state index in [-0.39, 0.29) is 6.03 Å². The topological polar surface area (TPSA) is 54.0 Å². The van der Waals surface area contributed by atoms with Crippen LogP contribution in [0.1, 0.15) is 5.56 Å². The lowest BCUT2D eigenvalue weighted by molar-refractivity contribution is 0.251. The van der Waals surface area contributed by atoms with Crippen molar-refractivity contribution in [1.29, 1.82) is 0 Å². The molecule has 0 aliphatic carbocycles. The van der Waals surface area contributed by atoms with Crippen LogP contribution in [-0.4, -0.2) is 11.0 Å². The molecule has 0 atom stereocenters. The molecule has 2 N–H and O–H groups in total. The van der Waals surface area contributed by atoms with Crippen molar-refractivity contribution in [3.05, 3.63) is 70.8 Å². The third kappa shape index (κ3) is 3.26. The van der Waals surface area contributed by atoms with Crippen LogP contribution in [0, 0.1) is 0 Å². The number of aromatic nitrogens is 1. The molecule has 110 valence electrons. The van der Waals surface area contributed by atoms with Gasteiger partial charge in [0.1, 0.15) is 0 Å². The van der Waals surface area contributed by atoms with Crippen LogP contribution in [-0.2, 0) is 6.54 Å². The molecule has 0 bridgehead atoms. The minimum Gasteiger partial charge on any atom is -0.334 e. The van der Waals surface area contributed by atoms with Crippen LogP contribution in [0.15, 0.2) is 65.3 Å². The Balaban J connectivity index is 1.70. The minimum atomic E-state index is -0.256. The summed E-state index contributed by atoms with van der Waals surface area (Å²) in [7, 11) is 0. The molecule has 0 saturated carbocycles. The highest BCUT2D eigenvalue weighted by molar-refractivity contribution is 9.10. The van der Waals surface area contributed by atoms with Gasteiger partial charge in [-0.25, -0.2) is 4.79 Å². The maximum Gasteiger partial charge on any atom is 0.319 e. The van der Waals surface area contributed by atoms with Gasteiger partial charge in [-0.3, -0.25) is 4.98 Å². The van der Waals surface area contributed by atoms with Gasteiger partial charge in [-0.2, -0.15) is 0 Å². The fourth-order valence-electron chi connectivity index (χ4n) is 2.19. The molecule has 0 spiro atoms. The summed E-state index contributed by atoms with van der Waals surface area (Å²) in [6.45, 7) is 0.450. The van der Waals surface area contributed by atoms with Gasteiger partial charge < -0.3 is 10.6 Å². The zero-order valence-corrected chi connectivity index (χ0v) is 13.3. The van der Waals surface area contributed by atoms with Gasteiger partial charge in [-0.1, -0.05) is 52.3 Å². The number of halogens is 1. The van der Waals surface area contributed by atoms with Crippen molar-refractivity contribution in [2.75, 3.05) is 5.32 Å². The first-order chi connectivity index (χ1) is 10.7. The quantitative estimate of drug-likeness (QED) is 0.734. The van der Waals surface area contributed by atoms with Gasteiger partial charge in [0.05, 0.1) is 11.2 Å². The maximum atomic E-state index is 12.1. The first-order valence-corrected chi connectivity index (χ1v) is 7.65. The van der Waals surface area contributed by atoms with E-state index in [2.05, 4.69) is 31.5 Å². The number of nitrogens with one attached hydrogen (secondary N) is 2. The number of anilines is 1. The Bertz CT molecular complexity index is 814. The number of pyridine rings is 1. The number of benzene rings is 2. The second-order valence-electron chi connectivity index (χ2n) is 4.78. The van der Waals surface area contributed by atoms with E-state index >= 15 is 0 Å². The van der Waals surface area contributed by atoms with Crippen molar-refractivity contribution in [3.8, 4) is 0 Å². The van der Waals surface area contributed by atoms with E-state index in [1.54, 1.807) is 6.20 Å². The van der Waals surface area contributed by atoms with Gasteiger partial charge in [0, 0.05) is 22.6 Å². The number of carbonyl (C=O) groups excluding carboxylic acids is 1. The Kier molecular flexibility index (Phi) is 4.34. The molecule has 3 aromatic rings. The Morgan fingerprint density at radius 3 is 2.73 bits per heavy atom. The molecule has 0 unspecified atom stereocenters. The van der Waals surface area contributed by atoms with Crippen molar-refractivity contribution >= 4 is 38.6 Å². The average Bonchev–Trinajstić information content (AvgIpc) is 2.54. The second kappa shape index (κ2) is 6.58. The number of para-hydroxylation sites is 1. The summed E-state index contributed by atoms with van der Waals surface area (Å²) in [4.78, 5) is 16.4. The number of urea groups is 1. The van der Waals surface area contributed by atoms with E-state index in [9.17, 15) is 4.79 Å². The summed E-state index contributed by atoms with van der Waals surface area (Å²) in [6, 6.07) is 17.1. The summed E-state index contributed by atoms with van der Waals surface area (Å²) >= 11 is 3.46. The largest absolute Gasteiger partial charge is 0.334 e. The maximum absolute atomic E-state index is 12.1. The molecule has 0 aliphatic rings. The number of fused-ring (bicyclic) bond motifs is 1. The van der Waals surface area contributed by atoms with E-state index in [1.807, 2.05) is 54.6 Å². The Hall–Kier alpha value is -2.40. The van der Waals surface area contributed by atoms with Crippen LogP contribution in [0.4, 0.5) is 10.5 Å². The lowest BCUT2D eigenvalue weighted by atomic mass is 10.2. The fraction of sp³-hybridized carbons (Fsp3) is 0.0588. The van der Waals surface area contributed by atoms with Crippen molar-refractivity contribution < 1.29 is 4.79 Å². The molecule has 2 amide bonds. The highest BCUT2D eigenvalue weighted by Gasteiger charge is 2.06. The van der Waals surface area contributed by atoms with Crippen LogP contribution in [0.3, 0.4) is 0 Å². The van der Waals surface area contributed by atoms with Crippen LogP contribution in [0.25, 0.3) is 10.9 Å². The summed E-state index contributed by atoms with van der Waals surface area (Å²) in [5.74, 6) is 0. The summed E-state index contributed by atoms with van der Waals surface area (Å²) in [5, 5.41) is 6.68. The van der Waals surface area contributed by atoms with Gasteiger partial charge >= 0.3 is 6.03 Å². The number of nitrogens with zero attached hydrogens (tertiary/aromatic N) is 1. The number of carbonyl (C=O) groups is 1. The third-order valence-electron chi connectivity index (χ3n) is 3.28. The standard InChI is InChI=1S/C17H14BrN3O/c18-14-8-2-1-5-13(14)11-20-17(22)21-15-9-3-6-12-7-4-10-19-16(12)15/h1-10H,11H2,(H2,20,21,22). The van der Waals surface area contributed by atoms with Crippen LogP contribution in [0.2, 0.25) is 0 Å². The smallest absolute Gasteiger partial charge is 0.319 e. The first kappa shape index (κ1) is 14.5. The SMILES string of the molecule is O=C(NCc1ccccc1Br)Nc1cccc2cccnc12. The molecular formula is C17H14BrN3O. The van der Waals surface area contributed by atoms with Crippen molar-refractivity contribution in [2.45, 2.75) is 6.54 Å². The predicted octanol–water partition coefficient (Wildman–Crippen LogP) is 4.32. The van der Waals surface area contributed by atoms with E-state index < -0.39 is 0 Å². The monoisotopic (exact) mass is 355 g/mol. The Morgan fingerprint density at radius 1 is 1.05 bits per heavy atom.